The van der Waals surface area contributed by atoms with Gasteiger partial charge in [0.2, 0.25) is 0 Å². The molecule has 2 N–H and O–H groups in total. The molecular weight excluding hydrogens is 468 g/mol. The zero-order valence-corrected chi connectivity index (χ0v) is 22.5. The van der Waals surface area contributed by atoms with Crippen LogP contribution in [-0.4, -0.2) is 69.8 Å². The molecule has 1 heterocycles. The number of esters is 3. The first-order valence-electron chi connectivity index (χ1n) is 12.2. The second kappa shape index (κ2) is 11.3. The molecule has 0 aromatic rings. The van der Waals surface area contributed by atoms with E-state index in [2.05, 4.69) is 6.58 Å². The van der Waals surface area contributed by atoms with E-state index in [1.165, 1.54) is 20.8 Å². The lowest BCUT2D eigenvalue weighted by Gasteiger charge is -2.40. The summed E-state index contributed by atoms with van der Waals surface area (Å²) < 4.78 is 23.1. The van der Waals surface area contributed by atoms with Gasteiger partial charge in [0.25, 0.3) is 0 Å². The van der Waals surface area contributed by atoms with Gasteiger partial charge in [-0.05, 0) is 60.5 Å². The molecule has 1 aliphatic heterocycles. The lowest BCUT2D eigenvalue weighted by atomic mass is 9.73. The summed E-state index contributed by atoms with van der Waals surface area (Å²) >= 11 is 0. The third-order valence-corrected chi connectivity index (χ3v) is 7.14. The molecule has 1 saturated carbocycles. The summed E-state index contributed by atoms with van der Waals surface area (Å²) in [6.07, 6.45) is -1.02. The first-order valence-corrected chi connectivity index (χ1v) is 12.2. The van der Waals surface area contributed by atoms with Gasteiger partial charge in [-0.2, -0.15) is 0 Å². The van der Waals surface area contributed by atoms with E-state index < -0.39 is 59.4 Å². The Balaban J connectivity index is 2.45. The second-order valence-electron chi connectivity index (χ2n) is 10.3. The van der Waals surface area contributed by atoms with Crippen LogP contribution in [0.25, 0.3) is 0 Å². The number of aliphatic hydroxyl groups excluding tert-OH is 1. The maximum Gasteiger partial charge on any atom is 0.333 e. The molecule has 0 bridgehead atoms. The monoisotopic (exact) mass is 508 g/mol. The summed E-state index contributed by atoms with van der Waals surface area (Å²) in [5, 5.41) is 20.9. The minimum Gasteiger partial charge on any atom is -0.458 e. The SMILES string of the molecule is C=C(C(CC(O)C(C)(C)O)OC(=O)/C(C)=C\C)[C@H]1C[C@H]2O[C@@]2(C)C(OC(=O)C(C)=CC)[C@H]1OC(C)=O. The van der Waals surface area contributed by atoms with E-state index in [9.17, 15) is 24.6 Å². The summed E-state index contributed by atoms with van der Waals surface area (Å²) in [6.45, 7) is 16.7. The molecule has 7 atom stereocenters. The Morgan fingerprint density at radius 3 is 2.17 bits per heavy atom. The molecule has 1 aliphatic carbocycles. The van der Waals surface area contributed by atoms with Crippen LogP contribution in [0, 0.1) is 5.92 Å². The maximum absolute atomic E-state index is 12.7. The topological polar surface area (TPSA) is 132 Å². The van der Waals surface area contributed by atoms with Gasteiger partial charge in [-0.1, -0.05) is 18.7 Å². The normalized spacial score (nSPS) is 29.9. The first-order chi connectivity index (χ1) is 16.6. The van der Waals surface area contributed by atoms with Crippen LogP contribution >= 0.6 is 0 Å². The van der Waals surface area contributed by atoms with Crippen molar-refractivity contribution in [3.8, 4) is 0 Å². The Morgan fingerprint density at radius 1 is 1.11 bits per heavy atom. The molecule has 2 rings (SSSR count). The fourth-order valence-corrected chi connectivity index (χ4v) is 4.26. The molecule has 0 aromatic carbocycles. The number of epoxide rings is 1. The number of rotatable bonds is 10. The predicted octanol–water partition coefficient (Wildman–Crippen LogP) is 2.93. The Hall–Kier alpha value is -2.49. The van der Waals surface area contributed by atoms with Gasteiger partial charge in [-0.25, -0.2) is 9.59 Å². The van der Waals surface area contributed by atoms with Crippen LogP contribution in [0.4, 0.5) is 0 Å². The van der Waals surface area contributed by atoms with Crippen LogP contribution in [0.3, 0.4) is 0 Å². The molecule has 202 valence electrons. The highest BCUT2D eigenvalue weighted by Crippen LogP contribution is 2.53. The van der Waals surface area contributed by atoms with E-state index in [0.29, 0.717) is 23.1 Å². The minimum atomic E-state index is -1.47. The number of aliphatic hydroxyl groups is 2. The van der Waals surface area contributed by atoms with Crippen molar-refractivity contribution in [2.24, 2.45) is 5.92 Å². The summed E-state index contributed by atoms with van der Waals surface area (Å²) in [6, 6.07) is 0. The lowest BCUT2D eigenvalue weighted by Crippen LogP contribution is -2.54. The van der Waals surface area contributed by atoms with Crippen LogP contribution in [-0.2, 0) is 33.3 Å². The van der Waals surface area contributed by atoms with E-state index in [4.69, 9.17) is 18.9 Å². The molecule has 9 heteroatoms. The van der Waals surface area contributed by atoms with Gasteiger partial charge >= 0.3 is 17.9 Å². The highest BCUT2D eigenvalue weighted by molar-refractivity contribution is 5.88. The van der Waals surface area contributed by atoms with Crippen molar-refractivity contribution in [1.29, 1.82) is 0 Å². The van der Waals surface area contributed by atoms with Crippen LogP contribution < -0.4 is 0 Å². The first kappa shape index (κ1) is 29.7. The van der Waals surface area contributed by atoms with Crippen LogP contribution in [0.15, 0.2) is 35.5 Å². The molecule has 36 heavy (non-hydrogen) atoms. The third kappa shape index (κ3) is 6.63. The molecule has 0 aromatic heterocycles. The van der Waals surface area contributed by atoms with Crippen molar-refractivity contribution in [3.63, 3.8) is 0 Å². The number of hydrogen-bond donors (Lipinski definition) is 2. The van der Waals surface area contributed by atoms with Crippen molar-refractivity contribution >= 4 is 17.9 Å². The highest BCUT2D eigenvalue weighted by atomic mass is 16.7. The van der Waals surface area contributed by atoms with Gasteiger partial charge in [0.05, 0.1) is 17.8 Å². The smallest absolute Gasteiger partial charge is 0.333 e. The number of allylic oxidation sites excluding steroid dienone is 2. The van der Waals surface area contributed by atoms with E-state index >= 15 is 0 Å². The van der Waals surface area contributed by atoms with Gasteiger partial charge in [-0.3, -0.25) is 4.79 Å². The second-order valence-corrected chi connectivity index (χ2v) is 10.3. The van der Waals surface area contributed by atoms with E-state index in [0.717, 1.165) is 0 Å². The van der Waals surface area contributed by atoms with Gasteiger partial charge in [-0.15, -0.1) is 0 Å². The molecule has 0 radical (unpaired) electrons. The quantitative estimate of drug-likeness (QED) is 0.150. The highest BCUT2D eigenvalue weighted by Gasteiger charge is 2.68. The van der Waals surface area contributed by atoms with Crippen molar-refractivity contribution in [1.82, 2.24) is 0 Å². The molecule has 0 spiro atoms. The van der Waals surface area contributed by atoms with E-state index in [-0.39, 0.29) is 12.5 Å². The minimum absolute atomic E-state index is 0.140. The summed E-state index contributed by atoms with van der Waals surface area (Å²) in [5.41, 5.74) is -1.20. The molecule has 2 fully saturated rings. The van der Waals surface area contributed by atoms with Gasteiger partial charge in [0, 0.05) is 30.4 Å². The Kier molecular flexibility index (Phi) is 9.31. The number of carbonyl (C=O) groups is 3. The van der Waals surface area contributed by atoms with Gasteiger partial charge in [0.15, 0.2) is 6.10 Å². The summed E-state index contributed by atoms with van der Waals surface area (Å²) in [5.74, 6) is -2.37. The maximum atomic E-state index is 12.7. The van der Waals surface area contributed by atoms with Crippen LogP contribution in [0.5, 0.6) is 0 Å². The number of fused-ring (bicyclic) bond motifs is 1. The van der Waals surface area contributed by atoms with Gasteiger partial charge in [0.1, 0.15) is 17.8 Å². The fraction of sp³-hybridized carbons (Fsp3) is 0.667. The summed E-state index contributed by atoms with van der Waals surface area (Å²) in [7, 11) is 0. The number of hydrogen-bond acceptors (Lipinski definition) is 9. The third-order valence-electron chi connectivity index (χ3n) is 7.14. The fourth-order valence-electron chi connectivity index (χ4n) is 4.26. The van der Waals surface area contributed by atoms with Crippen molar-refractivity contribution in [3.05, 3.63) is 35.5 Å². The Labute approximate surface area is 213 Å². The van der Waals surface area contributed by atoms with Crippen LogP contribution in [0.1, 0.15) is 68.2 Å². The molecule has 2 aliphatic rings. The molecule has 9 nitrogen and oxygen atoms in total. The molecule has 3 unspecified atom stereocenters. The zero-order chi connectivity index (χ0) is 27.6. The average Bonchev–Trinajstić information content (AvgIpc) is 3.47. The molecular formula is C27H40O9. The van der Waals surface area contributed by atoms with E-state index in [1.54, 1.807) is 46.8 Å². The standard InChI is InChI=1S/C27H40O9/c1-10-14(3)24(30)34-19(13-20(29)26(7,8)32)16(5)18-12-21-27(9,36-21)23(22(18)33-17(6)28)35-25(31)15(4)11-2/h10-11,18-23,29,32H,5,12-13H2,1-4,6-9H3/b14-10-,15-11?/t18-,19?,20?,21-,22+,23?,27-/m1/s1. The Morgan fingerprint density at radius 2 is 1.67 bits per heavy atom. The van der Waals surface area contributed by atoms with Crippen LogP contribution in [0.2, 0.25) is 0 Å². The Bertz CT molecular complexity index is 941. The lowest BCUT2D eigenvalue weighted by molar-refractivity contribution is -0.176. The summed E-state index contributed by atoms with van der Waals surface area (Å²) in [4.78, 5) is 37.4. The predicted molar refractivity (Wildman–Crippen MR) is 132 cm³/mol. The average molecular weight is 509 g/mol. The molecule has 0 amide bonds. The van der Waals surface area contributed by atoms with Crippen molar-refractivity contribution < 1.29 is 43.5 Å². The van der Waals surface area contributed by atoms with Crippen molar-refractivity contribution in [2.45, 2.75) is 110 Å². The van der Waals surface area contributed by atoms with E-state index in [1.807, 2.05) is 0 Å². The van der Waals surface area contributed by atoms with Gasteiger partial charge < -0.3 is 29.2 Å². The largest absolute Gasteiger partial charge is 0.458 e. The number of ether oxygens (including phenoxy) is 4. The zero-order valence-electron chi connectivity index (χ0n) is 22.5. The molecule has 1 saturated heterocycles. The number of carbonyl (C=O) groups excluding carboxylic acids is 3. The van der Waals surface area contributed by atoms with Crippen molar-refractivity contribution in [2.75, 3.05) is 0 Å².